The van der Waals surface area contributed by atoms with E-state index in [0.717, 1.165) is 30.6 Å². The number of carbonyl (C=O) groups excluding carboxylic acids is 1. The van der Waals surface area contributed by atoms with Crippen LogP contribution in [0.5, 0.6) is 5.75 Å². The molecule has 236 valence electrons. The van der Waals surface area contributed by atoms with Gasteiger partial charge in [-0.25, -0.2) is 10.4 Å². The zero-order valence-corrected chi connectivity index (χ0v) is 26.4. The van der Waals surface area contributed by atoms with Crippen molar-refractivity contribution >= 4 is 51.1 Å². The van der Waals surface area contributed by atoms with Crippen LogP contribution in [-0.2, 0) is 13.1 Å². The Morgan fingerprint density at radius 1 is 1.07 bits per heavy atom. The van der Waals surface area contributed by atoms with Gasteiger partial charge in [0.25, 0.3) is 5.91 Å². The maximum atomic E-state index is 12.9. The molecule has 6 rings (SSSR count). The normalized spacial score (nSPS) is 11.3. The van der Waals surface area contributed by atoms with Crippen molar-refractivity contribution < 1.29 is 9.90 Å². The van der Waals surface area contributed by atoms with Gasteiger partial charge in [0.05, 0.1) is 17.5 Å². The van der Waals surface area contributed by atoms with Gasteiger partial charge in [-0.3, -0.25) is 9.59 Å². The lowest BCUT2D eigenvalue weighted by Crippen LogP contribution is -2.25. The molecule has 0 aliphatic carbocycles. The quantitative estimate of drug-likeness (QED) is 0.0741. The predicted octanol–water partition coefficient (Wildman–Crippen LogP) is 5.17. The highest BCUT2D eigenvalue weighted by molar-refractivity contribution is 7.09. The van der Waals surface area contributed by atoms with E-state index >= 15 is 0 Å². The van der Waals surface area contributed by atoms with E-state index < -0.39 is 5.43 Å². The number of hydrazine groups is 1. The molecule has 4 aromatic heterocycles. The number of amides is 1. The van der Waals surface area contributed by atoms with E-state index in [4.69, 9.17) is 0 Å². The average Bonchev–Trinajstić information content (AvgIpc) is 3.74. The van der Waals surface area contributed by atoms with E-state index in [0.29, 0.717) is 64.6 Å². The smallest absolute Gasteiger partial charge is 0.251 e. The summed E-state index contributed by atoms with van der Waals surface area (Å²) in [5, 5.41) is 19.2. The lowest BCUT2D eigenvalue weighted by molar-refractivity contribution is 0.0953. The van der Waals surface area contributed by atoms with Gasteiger partial charge in [-0.2, -0.15) is 9.97 Å². The fourth-order valence-electron chi connectivity index (χ4n) is 5.08. The molecule has 6 N–H and O–H groups in total. The molecular weight excluding hydrogens is 602 g/mol. The van der Waals surface area contributed by atoms with E-state index in [1.165, 1.54) is 4.88 Å². The Morgan fingerprint density at radius 3 is 2.67 bits per heavy atom. The van der Waals surface area contributed by atoms with Crippen molar-refractivity contribution in [3.63, 3.8) is 0 Å². The highest BCUT2D eigenvalue weighted by atomic mass is 32.1. The number of hydrogen-bond donors (Lipinski definition) is 6. The van der Waals surface area contributed by atoms with E-state index in [1.54, 1.807) is 35.9 Å². The van der Waals surface area contributed by atoms with Crippen molar-refractivity contribution in [2.45, 2.75) is 39.8 Å². The Morgan fingerprint density at radius 2 is 1.89 bits per heavy atom. The second kappa shape index (κ2) is 13.8. The Labute approximate surface area is 268 Å². The Kier molecular flexibility index (Phi) is 9.22. The summed E-state index contributed by atoms with van der Waals surface area (Å²) in [6.07, 6.45) is 3.27. The van der Waals surface area contributed by atoms with Crippen LogP contribution in [0.4, 0.5) is 11.8 Å². The van der Waals surface area contributed by atoms with Crippen LogP contribution in [-0.4, -0.2) is 48.6 Å². The summed E-state index contributed by atoms with van der Waals surface area (Å²) >= 11 is 1.68. The molecule has 0 saturated carbocycles. The minimum Gasteiger partial charge on any atom is -0.503 e. The molecule has 1 amide bonds. The fraction of sp³-hybridized carbons (Fsp3) is 0.242. The number of H-pyrrole nitrogens is 1. The average molecular weight is 638 g/mol. The zero-order chi connectivity index (χ0) is 32.0. The number of rotatable bonds is 13. The minimum absolute atomic E-state index is 0.243. The van der Waals surface area contributed by atoms with Gasteiger partial charge in [-0.1, -0.05) is 35.9 Å². The van der Waals surface area contributed by atoms with Crippen LogP contribution < -0.4 is 26.9 Å². The minimum atomic E-state index is -0.483. The van der Waals surface area contributed by atoms with Gasteiger partial charge in [0.1, 0.15) is 0 Å². The molecule has 0 atom stereocenters. The number of fused-ring (bicyclic) bond motifs is 2. The van der Waals surface area contributed by atoms with Crippen LogP contribution in [0.25, 0.3) is 33.3 Å². The standard InChI is InChI=1S/C33H35N9O3S/c1-3-42-19-36-27-30(41-37-18-23-7-6-16-46-23)39-33(40-31(27)42)35-15-5-4-14-34-32(45)22-12-13-24-25(17-22)38-26(29(44)28(24)43)21-10-8-20(2)9-11-21/h6-13,16-17,19,37,44H,3-5,14-15,18H2,1-2H3,(H,34,45)(H,38,43)(H2,35,39,40,41). The second-order valence-electron chi connectivity index (χ2n) is 10.9. The van der Waals surface area contributed by atoms with Gasteiger partial charge in [-0.05, 0) is 56.3 Å². The summed E-state index contributed by atoms with van der Waals surface area (Å²) < 4.78 is 1.97. The molecule has 13 heteroatoms. The molecule has 12 nitrogen and oxygen atoms in total. The molecule has 0 bridgehead atoms. The molecular formula is C33H35N9O3S. The predicted molar refractivity (Wildman–Crippen MR) is 182 cm³/mol. The Balaban J connectivity index is 1.04. The highest BCUT2D eigenvalue weighted by Gasteiger charge is 2.15. The van der Waals surface area contributed by atoms with Crippen molar-refractivity contribution in [3.05, 3.63) is 92.5 Å². The summed E-state index contributed by atoms with van der Waals surface area (Å²) in [5.74, 6) is 0.504. The van der Waals surface area contributed by atoms with E-state index in [9.17, 15) is 14.7 Å². The van der Waals surface area contributed by atoms with Crippen molar-refractivity contribution in [1.29, 1.82) is 0 Å². The van der Waals surface area contributed by atoms with Crippen LogP contribution in [0.15, 0.2) is 71.1 Å². The maximum absolute atomic E-state index is 12.9. The number of carbonyl (C=O) groups is 1. The number of benzene rings is 2. The Hall–Kier alpha value is -5.27. The molecule has 6 aromatic rings. The first-order valence-electron chi connectivity index (χ1n) is 15.1. The van der Waals surface area contributed by atoms with Crippen molar-refractivity contribution in [1.82, 2.24) is 35.2 Å². The van der Waals surface area contributed by atoms with E-state index in [-0.39, 0.29) is 11.7 Å². The summed E-state index contributed by atoms with van der Waals surface area (Å²) in [6.45, 7) is 6.48. The van der Waals surface area contributed by atoms with Crippen LogP contribution in [0, 0.1) is 6.92 Å². The molecule has 0 aliphatic rings. The number of thiophene rings is 1. The lowest BCUT2D eigenvalue weighted by Gasteiger charge is -2.11. The molecule has 0 aliphatic heterocycles. The number of aromatic hydroxyl groups is 1. The van der Waals surface area contributed by atoms with Crippen LogP contribution in [0.1, 0.15) is 40.6 Å². The molecule has 0 unspecified atom stereocenters. The summed E-state index contributed by atoms with van der Waals surface area (Å²) in [5.41, 5.74) is 10.3. The third kappa shape index (κ3) is 6.70. The lowest BCUT2D eigenvalue weighted by atomic mass is 10.0. The number of hydrogen-bond acceptors (Lipinski definition) is 10. The number of aromatic nitrogens is 5. The van der Waals surface area contributed by atoms with E-state index in [2.05, 4.69) is 47.5 Å². The summed E-state index contributed by atoms with van der Waals surface area (Å²) in [7, 11) is 0. The fourth-order valence-corrected chi connectivity index (χ4v) is 5.72. The first kappa shape index (κ1) is 30.7. The second-order valence-corrected chi connectivity index (χ2v) is 11.9. The molecule has 46 heavy (non-hydrogen) atoms. The van der Waals surface area contributed by atoms with Gasteiger partial charge in [0.2, 0.25) is 11.4 Å². The number of unbranched alkanes of at least 4 members (excludes halogenated alkanes) is 1. The zero-order valence-electron chi connectivity index (χ0n) is 25.6. The summed E-state index contributed by atoms with van der Waals surface area (Å²) in [6, 6.07) is 16.4. The molecule has 0 fully saturated rings. The number of nitrogens with one attached hydrogen (secondary N) is 5. The first-order chi connectivity index (χ1) is 22.4. The van der Waals surface area contributed by atoms with Crippen LogP contribution in [0.2, 0.25) is 0 Å². The number of imidazole rings is 1. The molecule has 0 radical (unpaired) electrons. The SMILES string of the molecule is CCn1cnc2c(NNCc3cccs3)nc(NCCCCNC(=O)c3ccc4c(=O)c(O)c(-c5ccc(C)cc5)[nH]c4c3)nc21. The summed E-state index contributed by atoms with van der Waals surface area (Å²) in [4.78, 5) is 43.9. The molecule has 4 heterocycles. The van der Waals surface area contributed by atoms with Gasteiger partial charge in [0, 0.05) is 47.6 Å². The third-order valence-electron chi connectivity index (χ3n) is 7.60. The maximum Gasteiger partial charge on any atom is 0.251 e. The van der Waals surface area contributed by atoms with Crippen molar-refractivity contribution in [2.75, 3.05) is 23.8 Å². The number of anilines is 2. The van der Waals surface area contributed by atoms with Crippen molar-refractivity contribution in [2.24, 2.45) is 0 Å². The molecule has 2 aromatic carbocycles. The molecule has 0 spiro atoms. The topological polar surface area (TPSA) is 162 Å². The van der Waals surface area contributed by atoms with Gasteiger partial charge in [-0.15, -0.1) is 11.3 Å². The number of aryl methyl sites for hydroxylation is 2. The largest absolute Gasteiger partial charge is 0.503 e. The number of pyridine rings is 1. The number of aromatic amines is 1. The monoisotopic (exact) mass is 637 g/mol. The Bertz CT molecular complexity index is 2040. The van der Waals surface area contributed by atoms with Gasteiger partial charge in [0.15, 0.2) is 22.7 Å². The van der Waals surface area contributed by atoms with E-state index in [1.807, 2.05) is 54.1 Å². The third-order valence-corrected chi connectivity index (χ3v) is 8.48. The first-order valence-corrected chi connectivity index (χ1v) is 16.0. The molecule has 0 saturated heterocycles. The highest BCUT2D eigenvalue weighted by Crippen LogP contribution is 2.27. The van der Waals surface area contributed by atoms with Crippen molar-refractivity contribution in [3.8, 4) is 17.0 Å². The van der Waals surface area contributed by atoms with Crippen LogP contribution >= 0.6 is 11.3 Å². The van der Waals surface area contributed by atoms with Crippen LogP contribution in [0.3, 0.4) is 0 Å². The van der Waals surface area contributed by atoms with Gasteiger partial charge < -0.3 is 30.7 Å². The number of nitrogens with zero attached hydrogens (tertiary/aromatic N) is 4. The van der Waals surface area contributed by atoms with Gasteiger partial charge >= 0.3 is 0 Å².